The highest BCUT2D eigenvalue weighted by atomic mass is 32.2. The molecule has 232 valence electrons. The van der Waals surface area contributed by atoms with E-state index in [0.29, 0.717) is 15.8 Å². The number of carbonyl (C=O) groups is 2. The van der Waals surface area contributed by atoms with E-state index in [0.717, 1.165) is 53.1 Å². The monoisotopic (exact) mass is 674 g/mol. The normalized spacial score (nSPS) is 16.3. The molecular weight excluding hydrogens is 645 g/mol. The number of sulfone groups is 1. The fourth-order valence-corrected chi connectivity index (χ4v) is 7.45. The first-order valence-electron chi connectivity index (χ1n) is 13.6. The van der Waals surface area contributed by atoms with Gasteiger partial charge < -0.3 is 10.6 Å². The summed E-state index contributed by atoms with van der Waals surface area (Å²) in [5.74, 6) is -0.0126. The minimum absolute atomic E-state index is 0.0324. The smallest absolute Gasteiger partial charge is 0.300 e. The van der Waals surface area contributed by atoms with Crippen molar-refractivity contribution in [1.29, 1.82) is 0 Å². The lowest BCUT2D eigenvalue weighted by atomic mass is 9.82. The van der Waals surface area contributed by atoms with E-state index in [1.807, 2.05) is 31.2 Å². The molecule has 4 aromatic rings. The second-order valence-electron chi connectivity index (χ2n) is 10.4. The zero-order chi connectivity index (χ0) is 31.7. The third-order valence-electron chi connectivity index (χ3n) is 6.89. The van der Waals surface area contributed by atoms with Crippen molar-refractivity contribution < 1.29 is 26.4 Å². The van der Waals surface area contributed by atoms with E-state index in [-0.39, 0.29) is 41.4 Å². The van der Waals surface area contributed by atoms with Crippen molar-refractivity contribution in [2.75, 3.05) is 16.9 Å². The van der Waals surface area contributed by atoms with Crippen LogP contribution in [-0.4, -0.2) is 55.3 Å². The zero-order valence-electron chi connectivity index (χ0n) is 23.9. The molecule has 2 aromatic heterocycles. The number of amides is 2. The Morgan fingerprint density at radius 2 is 1.34 bits per heavy atom. The van der Waals surface area contributed by atoms with Gasteiger partial charge in [-0.15, -0.1) is 20.4 Å². The van der Waals surface area contributed by atoms with Crippen molar-refractivity contribution in [2.24, 2.45) is 0 Å². The number of nitrogens with one attached hydrogen (secondary N) is 2. The Labute approximate surface area is 266 Å². The van der Waals surface area contributed by atoms with Crippen LogP contribution in [-0.2, 0) is 43.8 Å². The first-order valence-corrected chi connectivity index (χ1v) is 17.8. The summed E-state index contributed by atoms with van der Waals surface area (Å²) in [5, 5.41) is 25.5. The molecule has 2 heterocycles. The number of aryl methyl sites for hydroxylation is 1. The van der Waals surface area contributed by atoms with E-state index in [9.17, 15) is 18.0 Å². The number of rotatable bonds is 9. The molecule has 1 saturated carbocycles. The average Bonchev–Trinajstić information content (AvgIpc) is 3.63. The van der Waals surface area contributed by atoms with Crippen molar-refractivity contribution in [3.05, 3.63) is 75.2 Å². The maximum absolute atomic E-state index is 12.6. The van der Waals surface area contributed by atoms with Gasteiger partial charge in [-0.05, 0) is 49.4 Å². The zero-order valence-corrected chi connectivity index (χ0v) is 27.2. The predicted octanol–water partition coefficient (Wildman–Crippen LogP) is 4.24. The van der Waals surface area contributed by atoms with Gasteiger partial charge in [0.05, 0.1) is 17.7 Å². The van der Waals surface area contributed by atoms with Gasteiger partial charge in [-0.3, -0.25) is 9.59 Å². The quantitative estimate of drug-likeness (QED) is 0.261. The Morgan fingerprint density at radius 1 is 0.841 bits per heavy atom. The maximum Gasteiger partial charge on any atom is 0.335 e. The maximum atomic E-state index is 12.6. The van der Waals surface area contributed by atoms with Crippen LogP contribution in [0.15, 0.2) is 53.4 Å². The Hall–Kier alpha value is -3.73. The molecule has 44 heavy (non-hydrogen) atoms. The molecular formula is C28H30N6O6S4. The molecule has 16 heteroatoms. The Bertz CT molecular complexity index is 1770. The minimum atomic E-state index is -3.35. The van der Waals surface area contributed by atoms with Gasteiger partial charge in [-0.1, -0.05) is 71.1 Å². The summed E-state index contributed by atoms with van der Waals surface area (Å²) in [5.41, 5.74) is 2.67. The summed E-state index contributed by atoms with van der Waals surface area (Å²) in [6.07, 6.45) is 5.25. The number of carbonyl (C=O) groups excluding carboxylic acids is 2. The first kappa shape index (κ1) is 33.2. The highest BCUT2D eigenvalue weighted by Gasteiger charge is 2.29. The van der Waals surface area contributed by atoms with Crippen LogP contribution in [0.5, 0.6) is 0 Å². The van der Waals surface area contributed by atoms with Crippen LogP contribution < -0.4 is 10.6 Å². The van der Waals surface area contributed by atoms with Crippen LogP contribution in [0.3, 0.4) is 0 Å². The van der Waals surface area contributed by atoms with Crippen molar-refractivity contribution >= 4 is 66.2 Å². The highest BCUT2D eigenvalue weighted by Crippen LogP contribution is 2.43. The molecule has 1 aliphatic carbocycles. The van der Waals surface area contributed by atoms with E-state index in [1.54, 1.807) is 12.1 Å². The number of hydrogen-bond donors (Lipinski definition) is 2. The van der Waals surface area contributed by atoms with Crippen molar-refractivity contribution in [3.8, 4) is 0 Å². The molecule has 1 fully saturated rings. The van der Waals surface area contributed by atoms with E-state index >= 15 is 0 Å². The summed E-state index contributed by atoms with van der Waals surface area (Å²) in [4.78, 5) is 25.3. The van der Waals surface area contributed by atoms with Crippen LogP contribution in [0.1, 0.15) is 64.2 Å². The molecule has 2 aromatic carbocycles. The summed E-state index contributed by atoms with van der Waals surface area (Å²) >= 11 is 2.02. The number of nitrogens with zero attached hydrogens (tertiary/aromatic N) is 4. The van der Waals surface area contributed by atoms with Crippen LogP contribution in [0, 0.1) is 6.92 Å². The molecule has 0 saturated heterocycles. The number of benzene rings is 2. The fourth-order valence-electron chi connectivity index (χ4n) is 4.94. The molecule has 5 rings (SSSR count). The van der Waals surface area contributed by atoms with Gasteiger partial charge in [0, 0.05) is 18.1 Å². The van der Waals surface area contributed by atoms with Crippen molar-refractivity contribution in [1.82, 2.24) is 20.4 Å². The van der Waals surface area contributed by atoms with Gasteiger partial charge >= 0.3 is 11.6 Å². The van der Waals surface area contributed by atoms with E-state index in [2.05, 4.69) is 31.0 Å². The molecule has 2 atom stereocenters. The molecule has 0 radical (unpaired) electrons. The number of hydrogen-bond acceptors (Lipinski definition) is 12. The molecule has 0 bridgehead atoms. The average molecular weight is 675 g/mol. The summed E-state index contributed by atoms with van der Waals surface area (Å²) in [6.45, 7) is 2.00. The van der Waals surface area contributed by atoms with Gasteiger partial charge in [0.2, 0.25) is 22.1 Å². The van der Waals surface area contributed by atoms with Gasteiger partial charge in [-0.25, -0.2) is 8.42 Å². The molecule has 0 aliphatic heterocycles. The fraction of sp³-hybridized carbons (Fsp3) is 0.357. The molecule has 12 nitrogen and oxygen atoms in total. The number of aromatic nitrogens is 4. The Morgan fingerprint density at radius 3 is 1.84 bits per heavy atom. The van der Waals surface area contributed by atoms with Crippen LogP contribution in [0.4, 0.5) is 10.3 Å². The second kappa shape index (κ2) is 15.3. The standard InChI is InChI=1S/C28H30N6O4S3.O2S/c1-17-6-3-7-18(12-17)14-23(35)29-27-33-31-25(39-27)20-9-5-10-21(16-20)26-32-34-28(40-26)30-24(36)15-19-8-4-11-22(13-19)41(2,37)38;1-3-2/h3-4,6-8,11-13,20-21H,5,9-10,14-16H2,1-2H3,(H,29,33,35)(H,30,34,36);/t20-,21-;/m0./s1. The molecule has 1 aliphatic rings. The largest absolute Gasteiger partial charge is 0.335 e. The topological polar surface area (TPSA) is 178 Å². The van der Waals surface area contributed by atoms with Crippen LogP contribution in [0.2, 0.25) is 0 Å². The minimum Gasteiger partial charge on any atom is -0.300 e. The lowest BCUT2D eigenvalue weighted by Crippen LogP contribution is -2.14. The predicted molar refractivity (Wildman–Crippen MR) is 168 cm³/mol. The second-order valence-corrected chi connectivity index (χ2v) is 14.5. The summed E-state index contributed by atoms with van der Waals surface area (Å²) < 4.78 is 40.2. The van der Waals surface area contributed by atoms with Crippen LogP contribution >= 0.6 is 22.7 Å². The first-order chi connectivity index (χ1) is 21.0. The summed E-state index contributed by atoms with van der Waals surface area (Å²) in [7, 11) is -3.35. The molecule has 2 N–H and O–H groups in total. The van der Waals surface area contributed by atoms with E-state index < -0.39 is 21.4 Å². The van der Waals surface area contributed by atoms with E-state index in [4.69, 9.17) is 8.42 Å². The van der Waals surface area contributed by atoms with Crippen molar-refractivity contribution in [2.45, 2.75) is 62.2 Å². The Balaban J connectivity index is 0.00000141. The third kappa shape index (κ3) is 9.64. The number of anilines is 2. The van der Waals surface area contributed by atoms with E-state index in [1.165, 1.54) is 34.8 Å². The molecule has 0 spiro atoms. The lowest BCUT2D eigenvalue weighted by molar-refractivity contribution is -0.116. The highest BCUT2D eigenvalue weighted by molar-refractivity contribution is 7.90. The van der Waals surface area contributed by atoms with Gasteiger partial charge in [0.15, 0.2) is 9.84 Å². The van der Waals surface area contributed by atoms with Gasteiger partial charge in [-0.2, -0.15) is 8.42 Å². The SMILES string of the molecule is Cc1cccc(CC(=O)Nc2nnc([C@H]3CCC[C@H](c4nnc(NC(=O)Cc5cccc(S(C)(=O)=O)c5)s4)C3)s2)c1.O=S=O. The molecule has 0 unspecified atom stereocenters. The third-order valence-corrected chi connectivity index (χ3v) is 10.00. The van der Waals surface area contributed by atoms with Crippen LogP contribution in [0.25, 0.3) is 0 Å². The Kier molecular flexibility index (Phi) is 11.5. The van der Waals surface area contributed by atoms with Crippen molar-refractivity contribution in [3.63, 3.8) is 0 Å². The summed E-state index contributed by atoms with van der Waals surface area (Å²) in [6, 6.07) is 14.2. The van der Waals surface area contributed by atoms with Gasteiger partial charge in [0.1, 0.15) is 10.0 Å². The molecule has 2 amide bonds. The lowest BCUT2D eigenvalue weighted by Gasteiger charge is -2.25. The van der Waals surface area contributed by atoms with Gasteiger partial charge in [0.25, 0.3) is 0 Å².